The van der Waals surface area contributed by atoms with Gasteiger partial charge in [-0.3, -0.25) is 0 Å². The maximum atomic E-state index is 11.0. The Morgan fingerprint density at radius 2 is 1.12 bits per heavy atom. The highest BCUT2D eigenvalue weighted by atomic mass is 32.2. The zero-order chi connectivity index (χ0) is 13.1. The van der Waals surface area contributed by atoms with Crippen LogP contribution in [0.5, 0.6) is 0 Å². The highest BCUT2D eigenvalue weighted by molar-refractivity contribution is 7.86. The molecule has 0 saturated heterocycles. The van der Waals surface area contributed by atoms with Gasteiger partial charge in [0.15, 0.2) is 6.29 Å². The van der Waals surface area contributed by atoms with Crippen LogP contribution in [0.3, 0.4) is 0 Å². The van der Waals surface area contributed by atoms with Gasteiger partial charge in [-0.1, -0.05) is 20.8 Å². The van der Waals surface area contributed by atoms with Crippen molar-refractivity contribution in [2.24, 2.45) is 11.8 Å². The third-order valence-electron chi connectivity index (χ3n) is 2.02. The third kappa shape index (κ3) is 7.15. The lowest BCUT2D eigenvalue weighted by molar-refractivity contribution is -0.0382. The molecule has 6 nitrogen and oxygen atoms in total. The van der Waals surface area contributed by atoms with E-state index in [1.165, 1.54) is 0 Å². The van der Waals surface area contributed by atoms with E-state index in [0.717, 1.165) is 12.5 Å². The van der Waals surface area contributed by atoms with Crippen molar-refractivity contribution in [3.63, 3.8) is 0 Å². The largest absolute Gasteiger partial charge is 0.266 e. The lowest BCUT2D eigenvalue weighted by atomic mass is 9.98. The monoisotopic (exact) mass is 274 g/mol. The van der Waals surface area contributed by atoms with Gasteiger partial charge in [0.1, 0.15) is 0 Å². The van der Waals surface area contributed by atoms with Crippen LogP contribution in [0.2, 0.25) is 0 Å². The summed E-state index contributed by atoms with van der Waals surface area (Å²) in [6.07, 6.45) is 0.377. The number of hydrogen-bond donors (Lipinski definition) is 0. The second-order valence-electron chi connectivity index (χ2n) is 4.07. The van der Waals surface area contributed by atoms with Gasteiger partial charge in [-0.2, -0.15) is 16.8 Å². The van der Waals surface area contributed by atoms with Gasteiger partial charge in [0.2, 0.25) is 0 Å². The third-order valence-corrected chi connectivity index (χ3v) is 3.10. The zero-order valence-corrected chi connectivity index (χ0v) is 11.6. The van der Waals surface area contributed by atoms with Gasteiger partial charge in [0.25, 0.3) is 20.2 Å². The maximum Gasteiger partial charge on any atom is 0.266 e. The fraction of sp³-hybridized carbons (Fsp3) is 1.00. The summed E-state index contributed by atoms with van der Waals surface area (Å²) < 4.78 is 53.0. The van der Waals surface area contributed by atoms with Gasteiger partial charge in [-0.05, 0) is 5.92 Å². The number of hydrogen-bond acceptors (Lipinski definition) is 6. The van der Waals surface area contributed by atoms with Crippen molar-refractivity contribution in [3.8, 4) is 0 Å². The first kappa shape index (κ1) is 15.8. The Kier molecular flexibility index (Phi) is 5.37. The zero-order valence-electron chi connectivity index (χ0n) is 10.00. The van der Waals surface area contributed by atoms with E-state index in [2.05, 4.69) is 8.37 Å². The van der Waals surface area contributed by atoms with E-state index < -0.39 is 26.5 Å². The fourth-order valence-corrected chi connectivity index (χ4v) is 2.02. The van der Waals surface area contributed by atoms with Gasteiger partial charge >= 0.3 is 0 Å². The Morgan fingerprint density at radius 3 is 1.31 bits per heavy atom. The summed E-state index contributed by atoms with van der Waals surface area (Å²) in [5.41, 5.74) is 0. The summed E-state index contributed by atoms with van der Waals surface area (Å²) in [4.78, 5) is 0. The van der Waals surface area contributed by atoms with Gasteiger partial charge < -0.3 is 0 Å². The fourth-order valence-electron chi connectivity index (χ4n) is 0.850. The minimum Gasteiger partial charge on any atom is -0.237 e. The Bertz CT molecular complexity index is 374. The van der Waals surface area contributed by atoms with Crippen LogP contribution in [0, 0.1) is 11.8 Å². The average molecular weight is 274 g/mol. The van der Waals surface area contributed by atoms with E-state index in [1.807, 2.05) is 13.8 Å². The molecule has 0 amide bonds. The quantitative estimate of drug-likeness (QED) is 0.519. The summed E-state index contributed by atoms with van der Waals surface area (Å²) in [5, 5.41) is 0. The molecular formula is C8H18O6S2. The molecule has 0 bridgehead atoms. The minimum absolute atomic E-state index is 0.0218. The highest BCUT2D eigenvalue weighted by Gasteiger charge is 2.29. The first-order chi connectivity index (χ1) is 6.92. The Hall–Kier alpha value is -0.180. The van der Waals surface area contributed by atoms with Crippen LogP contribution in [0.25, 0.3) is 0 Å². The maximum absolute atomic E-state index is 11.0. The predicted molar refractivity (Wildman–Crippen MR) is 59.6 cm³/mol. The molecule has 0 saturated carbocycles. The molecule has 0 spiro atoms. The molecule has 1 unspecified atom stereocenters. The summed E-state index contributed by atoms with van der Waals surface area (Å²) >= 11 is 0. The summed E-state index contributed by atoms with van der Waals surface area (Å²) in [7, 11) is -7.53. The summed E-state index contributed by atoms with van der Waals surface area (Å²) in [6, 6.07) is 0. The molecule has 0 fully saturated rings. The first-order valence-corrected chi connectivity index (χ1v) is 8.32. The van der Waals surface area contributed by atoms with Crippen molar-refractivity contribution in [1.82, 2.24) is 0 Å². The predicted octanol–water partition coefficient (Wildman–Crippen LogP) is 0.557. The van der Waals surface area contributed by atoms with Crippen molar-refractivity contribution >= 4 is 20.2 Å². The smallest absolute Gasteiger partial charge is 0.237 e. The van der Waals surface area contributed by atoms with E-state index in [1.54, 1.807) is 6.92 Å². The molecule has 0 aromatic rings. The van der Waals surface area contributed by atoms with Gasteiger partial charge in [-0.15, -0.1) is 0 Å². The van der Waals surface area contributed by atoms with Crippen LogP contribution in [0.15, 0.2) is 0 Å². The van der Waals surface area contributed by atoms with Crippen molar-refractivity contribution in [2.75, 3.05) is 12.5 Å². The van der Waals surface area contributed by atoms with Crippen molar-refractivity contribution in [2.45, 2.75) is 27.1 Å². The van der Waals surface area contributed by atoms with Crippen molar-refractivity contribution in [3.05, 3.63) is 0 Å². The Balaban J connectivity index is 4.92. The first-order valence-electron chi connectivity index (χ1n) is 4.69. The van der Waals surface area contributed by atoms with Crippen LogP contribution in [0.1, 0.15) is 20.8 Å². The van der Waals surface area contributed by atoms with Crippen LogP contribution < -0.4 is 0 Å². The molecule has 0 radical (unpaired) electrons. The van der Waals surface area contributed by atoms with Crippen LogP contribution in [0.4, 0.5) is 0 Å². The Labute approximate surface area is 97.2 Å². The van der Waals surface area contributed by atoms with Crippen LogP contribution in [-0.2, 0) is 28.6 Å². The topological polar surface area (TPSA) is 86.7 Å². The molecular weight excluding hydrogens is 256 g/mol. The van der Waals surface area contributed by atoms with Gasteiger partial charge in [-0.25, -0.2) is 8.37 Å². The molecule has 0 aliphatic carbocycles. The average Bonchev–Trinajstić information content (AvgIpc) is 1.95. The molecule has 16 heavy (non-hydrogen) atoms. The van der Waals surface area contributed by atoms with E-state index in [4.69, 9.17) is 0 Å². The molecule has 0 aliphatic rings. The van der Waals surface area contributed by atoms with Crippen LogP contribution in [-0.4, -0.2) is 35.6 Å². The normalized spacial score (nSPS) is 15.7. The lowest BCUT2D eigenvalue weighted by Crippen LogP contribution is -2.32. The molecule has 8 heteroatoms. The summed E-state index contributed by atoms with van der Waals surface area (Å²) in [5.74, 6) is -0.349. The Morgan fingerprint density at radius 1 is 0.812 bits per heavy atom. The SMILES string of the molecule is CC(C)C(C)C(OS(C)(=O)=O)OS(C)(=O)=O. The standard InChI is InChI=1S/C8H18O6S2/c1-6(2)7(3)8(13-15(4,9)10)14-16(5,11)12/h6-8H,1-5H3. The van der Waals surface area contributed by atoms with E-state index in [0.29, 0.717) is 0 Å². The molecule has 0 aliphatic heterocycles. The molecule has 0 aromatic heterocycles. The second-order valence-corrected chi connectivity index (χ2v) is 7.27. The molecule has 0 aromatic carbocycles. The minimum atomic E-state index is -3.76. The molecule has 0 N–H and O–H groups in total. The van der Waals surface area contributed by atoms with Gasteiger partial charge in [0.05, 0.1) is 12.5 Å². The van der Waals surface area contributed by atoms with Crippen molar-refractivity contribution < 1.29 is 25.2 Å². The molecule has 0 rings (SSSR count). The van der Waals surface area contributed by atoms with Crippen LogP contribution >= 0.6 is 0 Å². The van der Waals surface area contributed by atoms with E-state index in [-0.39, 0.29) is 11.8 Å². The second kappa shape index (κ2) is 5.44. The number of rotatable bonds is 6. The van der Waals surface area contributed by atoms with E-state index in [9.17, 15) is 16.8 Å². The lowest BCUT2D eigenvalue weighted by Gasteiger charge is -2.24. The highest BCUT2D eigenvalue weighted by Crippen LogP contribution is 2.21. The molecule has 1 atom stereocenters. The van der Waals surface area contributed by atoms with E-state index >= 15 is 0 Å². The summed E-state index contributed by atoms with van der Waals surface area (Å²) in [6.45, 7) is 5.29. The van der Waals surface area contributed by atoms with Gasteiger partial charge in [0, 0.05) is 5.92 Å². The van der Waals surface area contributed by atoms with Crippen molar-refractivity contribution in [1.29, 1.82) is 0 Å². The molecule has 0 heterocycles. The molecule has 98 valence electrons.